The molecule has 0 saturated heterocycles. The van der Waals surface area contributed by atoms with E-state index in [0.29, 0.717) is 12.0 Å². The van der Waals surface area contributed by atoms with E-state index >= 15 is 0 Å². The molecule has 2 atom stereocenters. The van der Waals surface area contributed by atoms with Gasteiger partial charge in [0.2, 0.25) is 5.91 Å². The number of methoxy groups -OCH3 is 1. The maximum atomic E-state index is 12.0. The van der Waals surface area contributed by atoms with Crippen LogP contribution >= 0.6 is 0 Å². The van der Waals surface area contributed by atoms with E-state index in [-0.39, 0.29) is 5.91 Å². The fourth-order valence-corrected chi connectivity index (χ4v) is 3.38. The molecule has 2 unspecified atom stereocenters. The molecule has 2 aliphatic carbocycles. The van der Waals surface area contributed by atoms with Gasteiger partial charge in [-0.3, -0.25) is 4.79 Å². The van der Waals surface area contributed by atoms with Crippen LogP contribution in [0, 0.1) is 5.92 Å². The zero-order chi connectivity index (χ0) is 14.6. The third kappa shape index (κ3) is 3.71. The SMILES string of the molecule is COCCN(C)CCC1CCCC1(NC1CC1)C(N)=O. The van der Waals surface area contributed by atoms with Crippen molar-refractivity contribution in [3.8, 4) is 0 Å². The molecule has 0 aromatic carbocycles. The number of rotatable bonds is 9. The number of nitrogens with zero attached hydrogens (tertiary/aromatic N) is 1. The molecular weight excluding hydrogens is 254 g/mol. The Morgan fingerprint density at radius 2 is 2.15 bits per heavy atom. The Bertz CT molecular complexity index is 333. The molecule has 0 aromatic rings. The molecule has 0 radical (unpaired) electrons. The molecule has 0 aromatic heterocycles. The van der Waals surface area contributed by atoms with Gasteiger partial charge < -0.3 is 20.7 Å². The van der Waals surface area contributed by atoms with E-state index in [4.69, 9.17) is 10.5 Å². The zero-order valence-corrected chi connectivity index (χ0v) is 12.9. The second-order valence-electron chi connectivity index (χ2n) is 6.43. The third-order valence-electron chi connectivity index (χ3n) is 4.84. The molecule has 5 heteroatoms. The summed E-state index contributed by atoms with van der Waals surface area (Å²) in [5, 5.41) is 3.57. The summed E-state index contributed by atoms with van der Waals surface area (Å²) in [6.45, 7) is 2.68. The first-order valence-electron chi connectivity index (χ1n) is 7.83. The van der Waals surface area contributed by atoms with Gasteiger partial charge in [0, 0.05) is 19.7 Å². The van der Waals surface area contributed by atoms with Gasteiger partial charge in [-0.15, -0.1) is 0 Å². The van der Waals surface area contributed by atoms with Gasteiger partial charge >= 0.3 is 0 Å². The van der Waals surface area contributed by atoms with Gasteiger partial charge in [-0.1, -0.05) is 6.42 Å². The summed E-state index contributed by atoms with van der Waals surface area (Å²) in [6.07, 6.45) is 6.54. The Morgan fingerprint density at radius 3 is 2.75 bits per heavy atom. The van der Waals surface area contributed by atoms with Crippen molar-refractivity contribution in [3.63, 3.8) is 0 Å². The minimum absolute atomic E-state index is 0.147. The molecule has 0 bridgehead atoms. The molecule has 20 heavy (non-hydrogen) atoms. The highest BCUT2D eigenvalue weighted by molar-refractivity contribution is 5.85. The molecular formula is C15H29N3O2. The minimum atomic E-state index is -0.441. The van der Waals surface area contributed by atoms with Gasteiger partial charge in [0.25, 0.3) is 0 Å². The van der Waals surface area contributed by atoms with Crippen LogP contribution in [0.15, 0.2) is 0 Å². The lowest BCUT2D eigenvalue weighted by molar-refractivity contribution is -0.126. The van der Waals surface area contributed by atoms with Crippen LogP contribution in [-0.2, 0) is 9.53 Å². The van der Waals surface area contributed by atoms with Crippen LogP contribution in [0.1, 0.15) is 38.5 Å². The molecule has 2 aliphatic rings. The normalized spacial score (nSPS) is 30.1. The van der Waals surface area contributed by atoms with Crippen molar-refractivity contribution < 1.29 is 9.53 Å². The Kier molecular flexibility index (Phi) is 5.41. The van der Waals surface area contributed by atoms with Crippen molar-refractivity contribution in [2.45, 2.75) is 50.1 Å². The summed E-state index contributed by atoms with van der Waals surface area (Å²) in [7, 11) is 3.83. The van der Waals surface area contributed by atoms with Gasteiger partial charge in [0.05, 0.1) is 6.61 Å². The molecule has 0 heterocycles. The van der Waals surface area contributed by atoms with E-state index < -0.39 is 5.54 Å². The molecule has 0 spiro atoms. The highest BCUT2D eigenvalue weighted by Gasteiger charge is 2.49. The fourth-order valence-electron chi connectivity index (χ4n) is 3.38. The maximum absolute atomic E-state index is 12.0. The van der Waals surface area contributed by atoms with Crippen LogP contribution in [0.2, 0.25) is 0 Å². The molecule has 2 rings (SSSR count). The minimum Gasteiger partial charge on any atom is -0.383 e. The lowest BCUT2D eigenvalue weighted by Crippen LogP contribution is -2.59. The largest absolute Gasteiger partial charge is 0.383 e. The van der Waals surface area contributed by atoms with Gasteiger partial charge in [-0.25, -0.2) is 0 Å². The van der Waals surface area contributed by atoms with Gasteiger partial charge in [-0.2, -0.15) is 0 Å². The molecule has 2 fully saturated rings. The first-order valence-corrected chi connectivity index (χ1v) is 7.83. The van der Waals surface area contributed by atoms with E-state index in [1.807, 2.05) is 0 Å². The smallest absolute Gasteiger partial charge is 0.238 e. The second-order valence-corrected chi connectivity index (χ2v) is 6.43. The summed E-state index contributed by atoms with van der Waals surface area (Å²) in [4.78, 5) is 14.3. The predicted molar refractivity (Wildman–Crippen MR) is 79.4 cm³/mol. The number of likely N-dealkylation sites (N-methyl/N-ethyl adjacent to an activating group) is 1. The monoisotopic (exact) mass is 283 g/mol. The highest BCUT2D eigenvalue weighted by atomic mass is 16.5. The highest BCUT2D eigenvalue weighted by Crippen LogP contribution is 2.40. The standard InChI is InChI=1S/C15H29N3O2/c1-18(10-11-20-2)9-7-12-4-3-8-15(12,14(16)19)17-13-5-6-13/h12-13,17H,3-11H2,1-2H3,(H2,16,19). The summed E-state index contributed by atoms with van der Waals surface area (Å²) >= 11 is 0. The van der Waals surface area contributed by atoms with E-state index in [1.165, 1.54) is 12.8 Å². The van der Waals surface area contributed by atoms with Crippen LogP contribution in [0.3, 0.4) is 0 Å². The van der Waals surface area contributed by atoms with E-state index in [9.17, 15) is 4.79 Å². The van der Waals surface area contributed by atoms with Crippen LogP contribution in [0.25, 0.3) is 0 Å². The first kappa shape index (κ1) is 15.7. The Balaban J connectivity index is 1.89. The average Bonchev–Trinajstić information content (AvgIpc) is 3.12. The van der Waals surface area contributed by atoms with E-state index in [1.54, 1.807) is 7.11 Å². The number of ether oxygens (including phenoxy) is 1. The number of primary amides is 1. The van der Waals surface area contributed by atoms with Crippen molar-refractivity contribution in [2.75, 3.05) is 33.9 Å². The van der Waals surface area contributed by atoms with Crippen LogP contribution < -0.4 is 11.1 Å². The maximum Gasteiger partial charge on any atom is 0.238 e. The van der Waals surface area contributed by atoms with Crippen molar-refractivity contribution in [2.24, 2.45) is 11.7 Å². The second kappa shape index (κ2) is 6.87. The predicted octanol–water partition coefficient (Wildman–Crippen LogP) is 0.731. The number of nitrogens with one attached hydrogen (secondary N) is 1. The Labute approximate surface area is 122 Å². The summed E-state index contributed by atoms with van der Waals surface area (Å²) in [5.41, 5.74) is 5.31. The molecule has 0 aliphatic heterocycles. The summed E-state index contributed by atoms with van der Waals surface area (Å²) in [5.74, 6) is 0.233. The Hall–Kier alpha value is -0.650. The fraction of sp³-hybridized carbons (Fsp3) is 0.933. The van der Waals surface area contributed by atoms with Gasteiger partial charge in [0.15, 0.2) is 0 Å². The third-order valence-corrected chi connectivity index (χ3v) is 4.84. The van der Waals surface area contributed by atoms with Crippen LogP contribution in [0.5, 0.6) is 0 Å². The molecule has 2 saturated carbocycles. The first-order chi connectivity index (χ1) is 9.58. The van der Waals surface area contributed by atoms with Gasteiger partial charge in [0.1, 0.15) is 5.54 Å². The van der Waals surface area contributed by atoms with E-state index in [0.717, 1.165) is 45.4 Å². The van der Waals surface area contributed by atoms with Crippen molar-refractivity contribution in [1.29, 1.82) is 0 Å². The van der Waals surface area contributed by atoms with E-state index in [2.05, 4.69) is 17.3 Å². The molecule has 116 valence electrons. The zero-order valence-electron chi connectivity index (χ0n) is 12.9. The molecule has 5 nitrogen and oxygen atoms in total. The summed E-state index contributed by atoms with van der Waals surface area (Å²) < 4.78 is 5.10. The average molecular weight is 283 g/mol. The van der Waals surface area contributed by atoms with Crippen LogP contribution in [-0.4, -0.2) is 56.2 Å². The number of carbonyl (C=O) groups excluding carboxylic acids is 1. The van der Waals surface area contributed by atoms with Crippen molar-refractivity contribution >= 4 is 5.91 Å². The Morgan fingerprint density at radius 1 is 1.40 bits per heavy atom. The lowest BCUT2D eigenvalue weighted by atomic mass is 9.83. The van der Waals surface area contributed by atoms with Gasteiger partial charge in [-0.05, 0) is 51.6 Å². The number of amides is 1. The number of hydrogen-bond acceptors (Lipinski definition) is 4. The van der Waals surface area contributed by atoms with Crippen molar-refractivity contribution in [1.82, 2.24) is 10.2 Å². The number of carbonyl (C=O) groups is 1. The number of nitrogens with two attached hydrogens (primary N) is 1. The molecule has 3 N–H and O–H groups in total. The summed E-state index contributed by atoms with van der Waals surface area (Å²) in [6, 6.07) is 0.523. The lowest BCUT2D eigenvalue weighted by Gasteiger charge is -2.34. The topological polar surface area (TPSA) is 67.6 Å². The van der Waals surface area contributed by atoms with Crippen LogP contribution in [0.4, 0.5) is 0 Å². The number of hydrogen-bond donors (Lipinski definition) is 2. The molecule has 1 amide bonds. The quantitative estimate of drug-likeness (QED) is 0.655. The van der Waals surface area contributed by atoms with Crippen molar-refractivity contribution in [3.05, 3.63) is 0 Å².